The first kappa shape index (κ1) is 16.7. The van der Waals surface area contributed by atoms with Crippen LogP contribution in [0.2, 0.25) is 5.02 Å². The number of rotatable bonds is 4. The third-order valence-corrected chi connectivity index (χ3v) is 4.49. The average molecular weight is 342 g/mol. The number of ketones is 1. The molecule has 0 radical (unpaired) electrons. The summed E-state index contributed by atoms with van der Waals surface area (Å²) >= 11 is 5.94. The van der Waals surface area contributed by atoms with Gasteiger partial charge in [0.05, 0.1) is 6.10 Å². The highest BCUT2D eigenvalue weighted by molar-refractivity contribution is 6.30. The van der Waals surface area contributed by atoms with E-state index >= 15 is 0 Å². The fourth-order valence-corrected chi connectivity index (χ4v) is 3.04. The number of aliphatic hydroxyl groups is 1. The van der Waals surface area contributed by atoms with Crippen molar-refractivity contribution in [2.45, 2.75) is 18.9 Å². The van der Waals surface area contributed by atoms with Crippen molar-refractivity contribution in [3.05, 3.63) is 70.8 Å². The molecule has 0 amide bonds. The molecule has 3 nitrogen and oxygen atoms in total. The molecule has 4 heteroatoms. The van der Waals surface area contributed by atoms with Gasteiger partial charge in [-0.1, -0.05) is 29.8 Å². The standard InChI is InChI=1S/C20H20ClNO2/c21-17-3-1-2-15(14-17)4-9-20(24)16-5-7-18(8-6-16)22-12-10-19(23)11-13-22/h1-9,14,19,23H,10-13H2. The van der Waals surface area contributed by atoms with E-state index < -0.39 is 0 Å². The van der Waals surface area contributed by atoms with Crippen LogP contribution in [0.25, 0.3) is 6.08 Å². The Bertz CT molecular complexity index is 732. The number of hydrogen-bond donors (Lipinski definition) is 1. The summed E-state index contributed by atoms with van der Waals surface area (Å²) < 4.78 is 0. The molecule has 1 saturated heterocycles. The Balaban J connectivity index is 1.65. The number of allylic oxidation sites excluding steroid dienone is 1. The molecular weight excluding hydrogens is 322 g/mol. The zero-order chi connectivity index (χ0) is 16.9. The summed E-state index contributed by atoms with van der Waals surface area (Å²) in [4.78, 5) is 14.5. The van der Waals surface area contributed by atoms with Crippen LogP contribution in [0.4, 0.5) is 5.69 Å². The van der Waals surface area contributed by atoms with Crippen molar-refractivity contribution >= 4 is 29.1 Å². The van der Waals surface area contributed by atoms with Crippen molar-refractivity contribution in [3.8, 4) is 0 Å². The molecule has 1 aliphatic heterocycles. The number of carbonyl (C=O) groups excluding carboxylic acids is 1. The second-order valence-electron chi connectivity index (χ2n) is 6.02. The first-order valence-corrected chi connectivity index (χ1v) is 8.51. The van der Waals surface area contributed by atoms with Crippen LogP contribution in [0, 0.1) is 0 Å². The van der Waals surface area contributed by atoms with Gasteiger partial charge in [-0.15, -0.1) is 0 Å². The summed E-state index contributed by atoms with van der Waals surface area (Å²) in [7, 11) is 0. The van der Waals surface area contributed by atoms with Gasteiger partial charge < -0.3 is 10.0 Å². The molecule has 0 spiro atoms. The number of anilines is 1. The third-order valence-electron chi connectivity index (χ3n) is 4.26. The van der Waals surface area contributed by atoms with E-state index in [1.54, 1.807) is 18.2 Å². The lowest BCUT2D eigenvalue weighted by molar-refractivity contribution is 0.104. The van der Waals surface area contributed by atoms with E-state index in [0.29, 0.717) is 10.6 Å². The van der Waals surface area contributed by atoms with Crippen LogP contribution in [0.3, 0.4) is 0 Å². The molecular formula is C20H20ClNO2. The molecule has 3 rings (SSSR count). The number of piperidine rings is 1. The molecule has 1 heterocycles. The molecule has 0 atom stereocenters. The molecule has 0 aromatic heterocycles. The molecule has 1 aliphatic rings. The Morgan fingerprint density at radius 1 is 1.12 bits per heavy atom. The van der Waals surface area contributed by atoms with E-state index in [4.69, 9.17) is 11.6 Å². The topological polar surface area (TPSA) is 40.5 Å². The SMILES string of the molecule is O=C(C=Cc1cccc(Cl)c1)c1ccc(N2CCC(O)CC2)cc1. The second-order valence-corrected chi connectivity index (χ2v) is 6.45. The van der Waals surface area contributed by atoms with Crippen molar-refractivity contribution in [2.24, 2.45) is 0 Å². The van der Waals surface area contributed by atoms with Crippen molar-refractivity contribution in [1.82, 2.24) is 0 Å². The lowest BCUT2D eigenvalue weighted by Gasteiger charge is -2.31. The van der Waals surface area contributed by atoms with Gasteiger partial charge in [-0.25, -0.2) is 0 Å². The van der Waals surface area contributed by atoms with Crippen molar-refractivity contribution in [1.29, 1.82) is 0 Å². The summed E-state index contributed by atoms with van der Waals surface area (Å²) in [5.41, 5.74) is 2.66. The lowest BCUT2D eigenvalue weighted by atomic mass is 10.1. The van der Waals surface area contributed by atoms with Crippen molar-refractivity contribution in [2.75, 3.05) is 18.0 Å². The van der Waals surface area contributed by atoms with Crippen molar-refractivity contribution < 1.29 is 9.90 Å². The maximum absolute atomic E-state index is 12.3. The van der Waals surface area contributed by atoms with Crippen LogP contribution in [0.15, 0.2) is 54.6 Å². The number of halogens is 1. The van der Waals surface area contributed by atoms with Gasteiger partial charge >= 0.3 is 0 Å². The van der Waals surface area contributed by atoms with Crippen LogP contribution in [-0.2, 0) is 0 Å². The molecule has 1 N–H and O–H groups in total. The Kier molecular flexibility index (Phi) is 5.34. The van der Waals surface area contributed by atoms with E-state index in [9.17, 15) is 9.90 Å². The van der Waals surface area contributed by atoms with Crippen LogP contribution in [0.5, 0.6) is 0 Å². The van der Waals surface area contributed by atoms with E-state index in [0.717, 1.165) is 37.2 Å². The summed E-state index contributed by atoms with van der Waals surface area (Å²) in [5, 5.41) is 10.2. The molecule has 124 valence electrons. The Morgan fingerprint density at radius 2 is 1.83 bits per heavy atom. The predicted molar refractivity (Wildman–Crippen MR) is 98.7 cm³/mol. The highest BCUT2D eigenvalue weighted by Gasteiger charge is 2.17. The van der Waals surface area contributed by atoms with Gasteiger partial charge in [0.1, 0.15) is 0 Å². The van der Waals surface area contributed by atoms with Gasteiger partial charge in [0, 0.05) is 29.4 Å². The highest BCUT2D eigenvalue weighted by atomic mass is 35.5. The average Bonchev–Trinajstić information content (AvgIpc) is 2.61. The largest absolute Gasteiger partial charge is 0.393 e. The van der Waals surface area contributed by atoms with Gasteiger partial charge in [0.15, 0.2) is 5.78 Å². The minimum absolute atomic E-state index is 0.0319. The smallest absolute Gasteiger partial charge is 0.185 e. The first-order chi connectivity index (χ1) is 11.6. The van der Waals surface area contributed by atoms with Gasteiger partial charge in [0.2, 0.25) is 0 Å². The summed E-state index contributed by atoms with van der Waals surface area (Å²) in [6.45, 7) is 1.70. The summed E-state index contributed by atoms with van der Waals surface area (Å²) in [6, 6.07) is 15.0. The van der Waals surface area contributed by atoms with E-state index in [1.165, 1.54) is 0 Å². The Labute approximate surface area is 147 Å². The fraction of sp³-hybridized carbons (Fsp3) is 0.250. The molecule has 0 saturated carbocycles. The van der Waals surface area contributed by atoms with E-state index in [2.05, 4.69) is 4.90 Å². The second kappa shape index (κ2) is 7.65. The van der Waals surface area contributed by atoms with Crippen molar-refractivity contribution in [3.63, 3.8) is 0 Å². The molecule has 0 aliphatic carbocycles. The minimum atomic E-state index is -0.182. The molecule has 1 fully saturated rings. The fourth-order valence-electron chi connectivity index (χ4n) is 2.84. The first-order valence-electron chi connectivity index (χ1n) is 8.13. The van der Waals surface area contributed by atoms with Crippen LogP contribution in [-0.4, -0.2) is 30.1 Å². The number of hydrogen-bond acceptors (Lipinski definition) is 3. The Hall–Kier alpha value is -2.10. The van der Waals surface area contributed by atoms with Gasteiger partial charge in [-0.3, -0.25) is 4.79 Å². The zero-order valence-corrected chi connectivity index (χ0v) is 14.1. The molecule has 2 aromatic rings. The monoisotopic (exact) mass is 341 g/mol. The zero-order valence-electron chi connectivity index (χ0n) is 13.4. The third kappa shape index (κ3) is 4.25. The van der Waals surface area contributed by atoms with Crippen LogP contribution >= 0.6 is 11.6 Å². The number of benzene rings is 2. The lowest BCUT2D eigenvalue weighted by Crippen LogP contribution is -2.35. The van der Waals surface area contributed by atoms with Gasteiger partial charge in [-0.2, -0.15) is 0 Å². The van der Waals surface area contributed by atoms with Gasteiger partial charge in [0.25, 0.3) is 0 Å². The highest BCUT2D eigenvalue weighted by Crippen LogP contribution is 2.21. The maximum Gasteiger partial charge on any atom is 0.185 e. The predicted octanol–water partition coefficient (Wildman–Crippen LogP) is 4.20. The molecule has 0 unspecified atom stereocenters. The summed E-state index contributed by atoms with van der Waals surface area (Å²) in [6.07, 6.45) is 4.75. The molecule has 24 heavy (non-hydrogen) atoms. The molecule has 2 aromatic carbocycles. The Morgan fingerprint density at radius 3 is 2.50 bits per heavy atom. The number of carbonyl (C=O) groups is 1. The maximum atomic E-state index is 12.3. The number of aliphatic hydroxyl groups excluding tert-OH is 1. The minimum Gasteiger partial charge on any atom is -0.393 e. The van der Waals surface area contributed by atoms with E-state index in [-0.39, 0.29) is 11.9 Å². The molecule has 0 bridgehead atoms. The van der Waals surface area contributed by atoms with Crippen LogP contribution in [0.1, 0.15) is 28.8 Å². The normalized spacial score (nSPS) is 15.8. The van der Waals surface area contributed by atoms with E-state index in [1.807, 2.05) is 42.5 Å². The summed E-state index contributed by atoms with van der Waals surface area (Å²) in [5.74, 6) is -0.0319. The van der Waals surface area contributed by atoms with Crippen LogP contribution < -0.4 is 4.90 Å². The number of nitrogens with zero attached hydrogens (tertiary/aromatic N) is 1. The van der Waals surface area contributed by atoms with Gasteiger partial charge in [-0.05, 0) is 60.9 Å². The quantitative estimate of drug-likeness (QED) is 0.669.